The Morgan fingerprint density at radius 1 is 1.29 bits per heavy atom. The second-order valence-corrected chi connectivity index (χ2v) is 5.73. The zero-order valence-corrected chi connectivity index (χ0v) is 12.9. The molecule has 1 N–H and O–H groups in total. The quantitative estimate of drug-likeness (QED) is 0.850. The average Bonchev–Trinajstić information content (AvgIpc) is 2.52. The van der Waals surface area contributed by atoms with Crippen molar-refractivity contribution >= 4 is 11.8 Å². The third kappa shape index (κ3) is 4.01. The van der Waals surface area contributed by atoms with Crippen molar-refractivity contribution in [1.82, 2.24) is 0 Å². The number of aliphatic hydroxyl groups is 1. The van der Waals surface area contributed by atoms with Crippen LogP contribution in [-0.2, 0) is 5.75 Å². The van der Waals surface area contributed by atoms with Gasteiger partial charge in [0.2, 0.25) is 0 Å². The Labute approximate surface area is 129 Å². The third-order valence-corrected chi connectivity index (χ3v) is 4.20. The summed E-state index contributed by atoms with van der Waals surface area (Å²) in [6.45, 7) is 1.76. The zero-order valence-electron chi connectivity index (χ0n) is 12.0. The van der Waals surface area contributed by atoms with Crippen LogP contribution >= 0.6 is 11.8 Å². The van der Waals surface area contributed by atoms with Gasteiger partial charge in [-0.2, -0.15) is 5.26 Å². The van der Waals surface area contributed by atoms with Crippen LogP contribution in [0.4, 0.5) is 0 Å². The van der Waals surface area contributed by atoms with E-state index in [2.05, 4.69) is 6.07 Å². The highest BCUT2D eigenvalue weighted by Crippen LogP contribution is 2.28. The van der Waals surface area contributed by atoms with Crippen molar-refractivity contribution in [3.05, 3.63) is 59.2 Å². The summed E-state index contributed by atoms with van der Waals surface area (Å²) >= 11 is 1.69. The van der Waals surface area contributed by atoms with Crippen LogP contribution in [-0.4, -0.2) is 12.2 Å². The van der Waals surface area contributed by atoms with E-state index in [1.807, 2.05) is 36.4 Å². The van der Waals surface area contributed by atoms with Crippen LogP contribution in [0.15, 0.2) is 47.4 Å². The fourth-order valence-electron chi connectivity index (χ4n) is 1.95. The molecule has 2 aromatic rings. The molecule has 0 amide bonds. The third-order valence-electron chi connectivity index (χ3n) is 3.13. The largest absolute Gasteiger partial charge is 0.495 e. The Morgan fingerprint density at radius 3 is 2.76 bits per heavy atom. The van der Waals surface area contributed by atoms with Gasteiger partial charge in [0.25, 0.3) is 0 Å². The van der Waals surface area contributed by atoms with E-state index in [1.54, 1.807) is 31.9 Å². The lowest BCUT2D eigenvalue weighted by atomic mass is 10.1. The fourth-order valence-corrected chi connectivity index (χ4v) is 2.86. The van der Waals surface area contributed by atoms with Crippen LogP contribution < -0.4 is 4.74 Å². The van der Waals surface area contributed by atoms with Crippen molar-refractivity contribution in [2.24, 2.45) is 0 Å². The minimum absolute atomic E-state index is 0.458. The first-order valence-electron chi connectivity index (χ1n) is 6.62. The molecule has 0 heterocycles. The number of hydrogen-bond donors (Lipinski definition) is 1. The topological polar surface area (TPSA) is 53.2 Å². The molecular formula is C17H17NO2S. The van der Waals surface area contributed by atoms with Crippen LogP contribution in [0.25, 0.3) is 0 Å². The Kier molecular flexibility index (Phi) is 5.26. The highest BCUT2D eigenvalue weighted by atomic mass is 32.2. The summed E-state index contributed by atoms with van der Waals surface area (Å²) in [5.41, 5.74) is 2.55. The highest BCUT2D eigenvalue weighted by molar-refractivity contribution is 7.98. The van der Waals surface area contributed by atoms with Gasteiger partial charge in [0.05, 0.1) is 18.8 Å². The molecule has 0 saturated heterocycles. The smallest absolute Gasteiger partial charge is 0.136 e. The number of nitrogens with zero attached hydrogens (tertiary/aromatic N) is 1. The van der Waals surface area contributed by atoms with E-state index in [1.165, 1.54) is 0 Å². The molecule has 0 aliphatic rings. The molecule has 0 aliphatic heterocycles. The standard InChI is InChI=1S/C17H17NO2S/c1-12(19)14-4-3-5-16(9-14)21-11-13-6-7-15(10-18)17(8-13)20-2/h3-9,12,19H,11H2,1-2H3. The molecule has 0 fully saturated rings. The van der Waals surface area contributed by atoms with Crippen LogP contribution in [0.1, 0.15) is 29.7 Å². The Bertz CT molecular complexity index is 662. The molecule has 108 valence electrons. The summed E-state index contributed by atoms with van der Waals surface area (Å²) in [6.07, 6.45) is -0.458. The Morgan fingerprint density at radius 2 is 2.10 bits per heavy atom. The molecule has 1 atom stereocenters. The monoisotopic (exact) mass is 299 g/mol. The lowest BCUT2D eigenvalue weighted by Crippen LogP contribution is -1.91. The summed E-state index contributed by atoms with van der Waals surface area (Å²) in [6, 6.07) is 15.6. The molecule has 1 unspecified atom stereocenters. The number of nitriles is 1. The van der Waals surface area contributed by atoms with E-state index < -0.39 is 6.10 Å². The SMILES string of the molecule is COc1cc(CSc2cccc(C(C)O)c2)ccc1C#N. The molecule has 0 aromatic heterocycles. The van der Waals surface area contributed by atoms with Gasteiger partial charge in [-0.25, -0.2) is 0 Å². The first kappa shape index (κ1) is 15.4. The summed E-state index contributed by atoms with van der Waals surface area (Å²) in [5, 5.41) is 18.6. The Balaban J connectivity index is 2.10. The highest BCUT2D eigenvalue weighted by Gasteiger charge is 2.05. The van der Waals surface area contributed by atoms with Gasteiger partial charge >= 0.3 is 0 Å². The van der Waals surface area contributed by atoms with Crippen LogP contribution in [0.3, 0.4) is 0 Å². The number of aliphatic hydroxyl groups excluding tert-OH is 1. The lowest BCUT2D eigenvalue weighted by molar-refractivity contribution is 0.199. The van der Waals surface area contributed by atoms with E-state index in [9.17, 15) is 5.11 Å². The number of hydrogen-bond acceptors (Lipinski definition) is 4. The summed E-state index contributed by atoms with van der Waals surface area (Å²) in [4.78, 5) is 1.11. The molecule has 2 rings (SSSR count). The van der Waals surface area contributed by atoms with Gasteiger partial charge in [0, 0.05) is 10.6 Å². The molecule has 0 saturated carbocycles. The minimum Gasteiger partial charge on any atom is -0.495 e. The van der Waals surface area contributed by atoms with E-state index in [-0.39, 0.29) is 0 Å². The van der Waals surface area contributed by atoms with Crippen molar-refractivity contribution < 1.29 is 9.84 Å². The molecule has 0 bridgehead atoms. The van der Waals surface area contributed by atoms with E-state index in [4.69, 9.17) is 10.00 Å². The predicted octanol–water partition coefficient (Wildman–Crippen LogP) is 3.91. The lowest BCUT2D eigenvalue weighted by Gasteiger charge is -2.08. The molecular weight excluding hydrogens is 282 g/mol. The first-order chi connectivity index (χ1) is 10.1. The van der Waals surface area contributed by atoms with E-state index >= 15 is 0 Å². The van der Waals surface area contributed by atoms with Crippen molar-refractivity contribution in [2.45, 2.75) is 23.7 Å². The molecule has 3 nitrogen and oxygen atoms in total. The van der Waals surface area contributed by atoms with Gasteiger partial charge in [0.1, 0.15) is 11.8 Å². The number of rotatable bonds is 5. The van der Waals surface area contributed by atoms with Crippen LogP contribution in [0.2, 0.25) is 0 Å². The van der Waals surface area contributed by atoms with Gasteiger partial charge < -0.3 is 9.84 Å². The number of thioether (sulfide) groups is 1. The summed E-state index contributed by atoms with van der Waals surface area (Å²) < 4.78 is 5.21. The number of ether oxygens (including phenoxy) is 1. The predicted molar refractivity (Wildman–Crippen MR) is 84.3 cm³/mol. The molecule has 0 aliphatic carbocycles. The number of benzene rings is 2. The van der Waals surface area contributed by atoms with Crippen molar-refractivity contribution in [3.63, 3.8) is 0 Å². The van der Waals surface area contributed by atoms with E-state index in [0.717, 1.165) is 21.8 Å². The Hall–Kier alpha value is -1.96. The van der Waals surface area contributed by atoms with Gasteiger partial charge in [-0.1, -0.05) is 18.2 Å². The normalized spacial score (nSPS) is 11.7. The maximum atomic E-state index is 9.60. The minimum atomic E-state index is -0.458. The molecule has 2 aromatic carbocycles. The molecule has 0 spiro atoms. The maximum Gasteiger partial charge on any atom is 0.136 e. The van der Waals surface area contributed by atoms with Crippen molar-refractivity contribution in [2.75, 3.05) is 7.11 Å². The van der Waals surface area contributed by atoms with Gasteiger partial charge in [-0.3, -0.25) is 0 Å². The maximum absolute atomic E-state index is 9.60. The van der Waals surface area contributed by atoms with Crippen LogP contribution in [0, 0.1) is 11.3 Å². The number of methoxy groups -OCH3 is 1. The zero-order chi connectivity index (χ0) is 15.2. The second kappa shape index (κ2) is 7.16. The van der Waals surface area contributed by atoms with Crippen LogP contribution in [0.5, 0.6) is 5.75 Å². The van der Waals surface area contributed by atoms with Crippen molar-refractivity contribution in [3.8, 4) is 11.8 Å². The first-order valence-corrected chi connectivity index (χ1v) is 7.60. The fraction of sp³-hybridized carbons (Fsp3) is 0.235. The van der Waals surface area contributed by atoms with Crippen molar-refractivity contribution in [1.29, 1.82) is 5.26 Å². The molecule has 4 heteroatoms. The van der Waals surface area contributed by atoms with Gasteiger partial charge in [0.15, 0.2) is 0 Å². The van der Waals surface area contributed by atoms with Gasteiger partial charge in [-0.05, 0) is 42.3 Å². The van der Waals surface area contributed by atoms with E-state index in [0.29, 0.717) is 11.3 Å². The summed E-state index contributed by atoms with van der Waals surface area (Å²) in [5.74, 6) is 1.39. The summed E-state index contributed by atoms with van der Waals surface area (Å²) in [7, 11) is 1.57. The van der Waals surface area contributed by atoms with Gasteiger partial charge in [-0.15, -0.1) is 11.8 Å². The molecule has 0 radical (unpaired) electrons. The molecule has 21 heavy (non-hydrogen) atoms. The second-order valence-electron chi connectivity index (χ2n) is 4.68. The average molecular weight is 299 g/mol.